The summed E-state index contributed by atoms with van der Waals surface area (Å²) in [6.45, 7) is 1.86. The van der Waals surface area contributed by atoms with E-state index >= 15 is 0 Å². The Morgan fingerprint density at radius 2 is 2.15 bits per heavy atom. The molecule has 7 nitrogen and oxygen atoms in total. The van der Waals surface area contributed by atoms with Crippen LogP contribution < -0.4 is 0 Å². The number of rotatable bonds is 3. The number of benzene rings is 1. The van der Waals surface area contributed by atoms with Crippen molar-refractivity contribution in [1.82, 2.24) is 20.2 Å². The van der Waals surface area contributed by atoms with Crippen molar-refractivity contribution in [3.63, 3.8) is 0 Å². The van der Waals surface area contributed by atoms with Gasteiger partial charge < -0.3 is 9.84 Å². The molecule has 2 atom stereocenters. The van der Waals surface area contributed by atoms with E-state index in [-0.39, 0.29) is 23.1 Å². The maximum Gasteiger partial charge on any atom is 0.319 e. The monoisotopic (exact) mass is 292 g/mol. The topological polar surface area (TPSA) is 90.1 Å². The van der Waals surface area contributed by atoms with E-state index in [4.69, 9.17) is 4.74 Å². The number of carbonyl (C=O) groups excluding carboxylic acids is 1. The summed E-state index contributed by atoms with van der Waals surface area (Å²) in [4.78, 5) is 11.6. The van der Waals surface area contributed by atoms with E-state index in [2.05, 4.69) is 15.5 Å². The lowest BCUT2D eigenvalue weighted by molar-refractivity contribution is -0.140. The Balaban J connectivity index is 1.83. The average molecular weight is 292 g/mol. The van der Waals surface area contributed by atoms with Crippen LogP contribution in [0.25, 0.3) is 5.69 Å². The minimum Gasteiger partial charge on any atom is -0.508 e. The molecule has 0 bridgehead atoms. The number of phenolic OH excluding ortho intramolecular Hbond substituents is 1. The van der Waals surface area contributed by atoms with Gasteiger partial charge in [0.15, 0.2) is 0 Å². The molecule has 1 aliphatic heterocycles. The smallest absolute Gasteiger partial charge is 0.319 e. The number of aromatic hydroxyl groups is 1. The molecule has 3 rings (SSSR count). The number of thioether (sulfide) groups is 1. The van der Waals surface area contributed by atoms with Crippen LogP contribution in [0.3, 0.4) is 0 Å². The van der Waals surface area contributed by atoms with Gasteiger partial charge in [0.1, 0.15) is 17.1 Å². The second-order valence-corrected chi connectivity index (χ2v) is 5.65. The zero-order chi connectivity index (χ0) is 14.1. The number of aromatic nitrogens is 4. The van der Waals surface area contributed by atoms with Crippen LogP contribution in [0.15, 0.2) is 29.4 Å². The van der Waals surface area contributed by atoms with Gasteiger partial charge in [-0.2, -0.15) is 4.68 Å². The van der Waals surface area contributed by atoms with E-state index in [1.807, 2.05) is 6.92 Å². The number of cyclic esters (lactones) is 1. The fourth-order valence-electron chi connectivity index (χ4n) is 1.95. The molecule has 1 saturated heterocycles. The standard InChI is InChI=1S/C12H12N4O3S/c1-7-6-10(11(18)19-7)20-12-13-14-15-16(12)8-2-4-9(17)5-3-8/h2-5,7,10,17H,6H2,1H3/t7-,10-/m0/s1. The zero-order valence-corrected chi connectivity index (χ0v) is 11.4. The molecule has 2 aromatic rings. The van der Waals surface area contributed by atoms with Crippen molar-refractivity contribution in [2.75, 3.05) is 0 Å². The molecule has 0 saturated carbocycles. The van der Waals surface area contributed by atoms with E-state index in [1.165, 1.54) is 16.4 Å². The molecule has 0 radical (unpaired) electrons. The number of ether oxygens (including phenoxy) is 1. The molecule has 0 unspecified atom stereocenters. The largest absolute Gasteiger partial charge is 0.508 e. The Kier molecular flexibility index (Phi) is 3.31. The first-order chi connectivity index (χ1) is 9.63. The fraction of sp³-hybridized carbons (Fsp3) is 0.333. The first-order valence-electron chi connectivity index (χ1n) is 6.08. The summed E-state index contributed by atoms with van der Waals surface area (Å²) < 4.78 is 6.64. The van der Waals surface area contributed by atoms with E-state index in [0.29, 0.717) is 11.6 Å². The highest BCUT2D eigenvalue weighted by atomic mass is 32.2. The predicted molar refractivity (Wildman–Crippen MR) is 70.6 cm³/mol. The summed E-state index contributed by atoms with van der Waals surface area (Å²) in [5.74, 6) is -0.0630. The molecule has 0 amide bonds. The maximum atomic E-state index is 11.6. The molecule has 8 heteroatoms. The minimum atomic E-state index is -0.285. The molecule has 20 heavy (non-hydrogen) atoms. The highest BCUT2D eigenvalue weighted by Gasteiger charge is 2.34. The maximum absolute atomic E-state index is 11.6. The van der Waals surface area contributed by atoms with Crippen molar-refractivity contribution in [3.8, 4) is 11.4 Å². The predicted octanol–water partition coefficient (Wildman–Crippen LogP) is 1.16. The number of carbonyl (C=O) groups is 1. The first-order valence-corrected chi connectivity index (χ1v) is 6.96. The summed E-state index contributed by atoms with van der Waals surface area (Å²) in [6.07, 6.45) is 0.573. The second-order valence-electron chi connectivity index (χ2n) is 4.48. The van der Waals surface area contributed by atoms with Crippen LogP contribution in [0.4, 0.5) is 0 Å². The zero-order valence-electron chi connectivity index (χ0n) is 10.6. The number of tetrazole rings is 1. The van der Waals surface area contributed by atoms with Crippen LogP contribution in [0, 0.1) is 0 Å². The summed E-state index contributed by atoms with van der Waals surface area (Å²) in [5, 5.41) is 21.0. The molecule has 104 valence electrons. The SMILES string of the molecule is C[C@H]1C[C@H](Sc2nnnn2-c2ccc(O)cc2)C(=O)O1. The number of esters is 1. The van der Waals surface area contributed by atoms with Gasteiger partial charge in [-0.15, -0.1) is 5.10 Å². The molecule has 1 fully saturated rings. The van der Waals surface area contributed by atoms with Crippen LogP contribution in [0.5, 0.6) is 5.75 Å². The molecule has 1 aromatic heterocycles. The van der Waals surface area contributed by atoms with Gasteiger partial charge in [-0.05, 0) is 41.6 Å². The van der Waals surface area contributed by atoms with Crippen molar-refractivity contribution < 1.29 is 14.6 Å². The molecule has 2 heterocycles. The van der Waals surface area contributed by atoms with Crippen LogP contribution >= 0.6 is 11.8 Å². The summed E-state index contributed by atoms with van der Waals surface area (Å²) >= 11 is 1.29. The van der Waals surface area contributed by atoms with Crippen molar-refractivity contribution in [3.05, 3.63) is 24.3 Å². The molecular weight excluding hydrogens is 280 g/mol. The summed E-state index contributed by atoms with van der Waals surface area (Å²) in [5.41, 5.74) is 0.717. The van der Waals surface area contributed by atoms with Gasteiger partial charge in [0, 0.05) is 6.42 Å². The van der Waals surface area contributed by atoms with Gasteiger partial charge in [0.05, 0.1) is 5.69 Å². The van der Waals surface area contributed by atoms with Gasteiger partial charge in [-0.1, -0.05) is 11.8 Å². The van der Waals surface area contributed by atoms with Gasteiger partial charge in [0.25, 0.3) is 0 Å². The summed E-state index contributed by atoms with van der Waals surface area (Å²) in [7, 11) is 0. The Bertz CT molecular complexity index is 628. The number of phenols is 1. The van der Waals surface area contributed by atoms with Crippen molar-refractivity contribution in [1.29, 1.82) is 0 Å². The van der Waals surface area contributed by atoms with Gasteiger partial charge in [0.2, 0.25) is 5.16 Å². The van der Waals surface area contributed by atoms with Crippen LogP contribution in [-0.2, 0) is 9.53 Å². The fourth-order valence-corrected chi connectivity index (χ4v) is 3.05. The molecule has 0 spiro atoms. The molecule has 1 N–H and O–H groups in total. The third kappa shape index (κ3) is 2.46. The molecule has 0 aliphatic carbocycles. The van der Waals surface area contributed by atoms with Crippen LogP contribution in [0.1, 0.15) is 13.3 Å². The van der Waals surface area contributed by atoms with Crippen LogP contribution in [-0.4, -0.2) is 42.6 Å². The highest BCUT2D eigenvalue weighted by Crippen LogP contribution is 2.31. The lowest BCUT2D eigenvalue weighted by Crippen LogP contribution is -2.11. The number of hydrogen-bond acceptors (Lipinski definition) is 7. The number of nitrogens with zero attached hydrogens (tertiary/aromatic N) is 4. The van der Waals surface area contributed by atoms with Crippen molar-refractivity contribution in [2.24, 2.45) is 0 Å². The Hall–Kier alpha value is -2.09. The van der Waals surface area contributed by atoms with Gasteiger partial charge in [-0.25, -0.2) is 0 Å². The average Bonchev–Trinajstić information content (AvgIpc) is 2.98. The number of hydrogen-bond donors (Lipinski definition) is 1. The third-order valence-electron chi connectivity index (χ3n) is 2.91. The normalized spacial score (nSPS) is 21.9. The van der Waals surface area contributed by atoms with Gasteiger partial charge >= 0.3 is 5.97 Å². The Morgan fingerprint density at radius 3 is 2.80 bits per heavy atom. The minimum absolute atomic E-state index is 0.0713. The lowest BCUT2D eigenvalue weighted by atomic mass is 10.3. The Labute approximate surface area is 118 Å². The highest BCUT2D eigenvalue weighted by molar-refractivity contribution is 8.00. The Morgan fingerprint density at radius 1 is 1.40 bits per heavy atom. The second kappa shape index (κ2) is 5.12. The van der Waals surface area contributed by atoms with E-state index < -0.39 is 0 Å². The first kappa shape index (κ1) is 12.9. The molecule has 1 aliphatic rings. The van der Waals surface area contributed by atoms with Crippen molar-refractivity contribution in [2.45, 2.75) is 29.9 Å². The third-order valence-corrected chi connectivity index (χ3v) is 4.04. The summed E-state index contributed by atoms with van der Waals surface area (Å²) in [6, 6.07) is 6.51. The van der Waals surface area contributed by atoms with E-state index in [9.17, 15) is 9.90 Å². The van der Waals surface area contributed by atoms with Gasteiger partial charge in [-0.3, -0.25) is 4.79 Å². The quantitative estimate of drug-likeness (QED) is 0.849. The van der Waals surface area contributed by atoms with Crippen molar-refractivity contribution >= 4 is 17.7 Å². The molecule has 1 aromatic carbocycles. The van der Waals surface area contributed by atoms with E-state index in [0.717, 1.165) is 5.69 Å². The molecular formula is C12H12N4O3S. The van der Waals surface area contributed by atoms with E-state index in [1.54, 1.807) is 24.3 Å². The lowest BCUT2D eigenvalue weighted by Gasteiger charge is -2.06. The van der Waals surface area contributed by atoms with Crippen LogP contribution in [0.2, 0.25) is 0 Å².